The highest BCUT2D eigenvalue weighted by atomic mass is 35.5. The van der Waals surface area contributed by atoms with Gasteiger partial charge in [-0.25, -0.2) is 0 Å². The van der Waals surface area contributed by atoms with E-state index in [-0.39, 0.29) is 0 Å². The second kappa shape index (κ2) is 4.51. The molecule has 1 rings (SSSR count). The van der Waals surface area contributed by atoms with E-state index in [4.69, 9.17) is 11.6 Å². The van der Waals surface area contributed by atoms with E-state index in [1.165, 1.54) is 18.4 Å². The van der Waals surface area contributed by atoms with Crippen LogP contribution in [0.4, 0.5) is 13.2 Å². The zero-order chi connectivity index (χ0) is 10.8. The van der Waals surface area contributed by atoms with Crippen molar-refractivity contribution in [3.05, 3.63) is 21.3 Å². The number of hydrogen-bond acceptors (Lipinski definition) is 2. The molecule has 0 radical (unpaired) electrons. The average molecular weight is 244 g/mol. The minimum absolute atomic E-state index is 0.388. The van der Waals surface area contributed by atoms with Crippen LogP contribution in [0.5, 0.6) is 0 Å². The maximum Gasteiger partial charge on any atom is 0.390 e. The molecule has 1 aromatic heterocycles. The lowest BCUT2D eigenvalue weighted by atomic mass is 10.1. The van der Waals surface area contributed by atoms with E-state index in [2.05, 4.69) is 5.32 Å². The summed E-state index contributed by atoms with van der Waals surface area (Å²) in [5, 5.41) is 4.67. The van der Waals surface area contributed by atoms with Crippen LogP contribution in [0, 0.1) is 0 Å². The Kier molecular flexibility index (Phi) is 3.80. The van der Waals surface area contributed by atoms with E-state index < -0.39 is 18.6 Å². The molecule has 6 heteroatoms. The van der Waals surface area contributed by atoms with Gasteiger partial charge in [0, 0.05) is 4.88 Å². The molecular formula is C8H9ClF3NS. The fourth-order valence-electron chi connectivity index (χ4n) is 1.11. The van der Waals surface area contributed by atoms with Gasteiger partial charge in [-0.2, -0.15) is 13.2 Å². The monoisotopic (exact) mass is 243 g/mol. The normalized spacial score (nSPS) is 14.4. The number of nitrogens with one attached hydrogen (secondary N) is 1. The number of thiophene rings is 1. The van der Waals surface area contributed by atoms with E-state index >= 15 is 0 Å². The molecule has 80 valence electrons. The molecule has 1 nitrogen and oxygen atoms in total. The molecular weight excluding hydrogens is 235 g/mol. The molecule has 1 atom stereocenters. The van der Waals surface area contributed by atoms with Crippen molar-refractivity contribution in [3.8, 4) is 0 Å². The lowest BCUT2D eigenvalue weighted by Crippen LogP contribution is -2.23. The van der Waals surface area contributed by atoms with Crippen LogP contribution in [0.1, 0.15) is 17.3 Å². The molecule has 0 bridgehead atoms. The highest BCUT2D eigenvalue weighted by molar-refractivity contribution is 7.10. The van der Waals surface area contributed by atoms with Crippen molar-refractivity contribution in [2.24, 2.45) is 0 Å². The van der Waals surface area contributed by atoms with Crippen LogP contribution in [0.15, 0.2) is 11.4 Å². The number of rotatable bonds is 3. The minimum Gasteiger partial charge on any atom is -0.312 e. The highest BCUT2D eigenvalue weighted by Gasteiger charge is 2.33. The zero-order valence-electron chi connectivity index (χ0n) is 7.36. The van der Waals surface area contributed by atoms with Crippen LogP contribution in [0.2, 0.25) is 5.02 Å². The maximum atomic E-state index is 12.1. The Labute approximate surface area is 88.9 Å². The van der Waals surface area contributed by atoms with Gasteiger partial charge in [0.2, 0.25) is 0 Å². The molecule has 0 saturated heterocycles. The first-order chi connectivity index (χ1) is 6.44. The third-order valence-corrected chi connectivity index (χ3v) is 3.22. The number of alkyl halides is 3. The molecule has 0 aliphatic heterocycles. The Morgan fingerprint density at radius 3 is 2.57 bits per heavy atom. The summed E-state index contributed by atoms with van der Waals surface area (Å²) >= 11 is 6.97. The molecule has 1 heterocycles. The smallest absolute Gasteiger partial charge is 0.312 e. The van der Waals surface area contributed by atoms with Crippen LogP contribution in [0.25, 0.3) is 0 Å². The van der Waals surface area contributed by atoms with Crippen molar-refractivity contribution >= 4 is 22.9 Å². The molecule has 0 spiro atoms. The fraction of sp³-hybridized carbons (Fsp3) is 0.500. The molecule has 0 aliphatic carbocycles. The maximum absolute atomic E-state index is 12.1. The first kappa shape index (κ1) is 11.8. The Morgan fingerprint density at radius 1 is 1.57 bits per heavy atom. The van der Waals surface area contributed by atoms with Crippen LogP contribution >= 0.6 is 22.9 Å². The van der Waals surface area contributed by atoms with Gasteiger partial charge in [0.15, 0.2) is 0 Å². The third kappa shape index (κ3) is 3.15. The standard InChI is InChI=1S/C8H9ClF3NS/c1-13-6(4-8(10,11)12)7-5(9)2-3-14-7/h2-3,6,13H,4H2,1H3. The largest absolute Gasteiger partial charge is 0.390 e. The molecule has 0 aliphatic rings. The van der Waals surface area contributed by atoms with Crippen molar-refractivity contribution < 1.29 is 13.2 Å². The van der Waals surface area contributed by atoms with Gasteiger partial charge in [0.1, 0.15) is 0 Å². The third-order valence-electron chi connectivity index (χ3n) is 1.75. The van der Waals surface area contributed by atoms with Gasteiger partial charge in [0.25, 0.3) is 0 Å². The summed E-state index contributed by atoms with van der Waals surface area (Å²) in [7, 11) is 1.49. The topological polar surface area (TPSA) is 12.0 Å². The van der Waals surface area contributed by atoms with Crippen LogP contribution in [-0.2, 0) is 0 Å². The lowest BCUT2D eigenvalue weighted by molar-refractivity contribution is -0.139. The Morgan fingerprint density at radius 2 is 2.21 bits per heavy atom. The molecule has 1 unspecified atom stereocenters. The molecule has 0 aromatic carbocycles. The molecule has 0 amide bonds. The first-order valence-corrected chi connectivity index (χ1v) is 5.16. The van der Waals surface area contributed by atoms with E-state index in [1.54, 1.807) is 11.4 Å². The number of hydrogen-bond donors (Lipinski definition) is 1. The van der Waals surface area contributed by atoms with Crippen molar-refractivity contribution in [3.63, 3.8) is 0 Å². The van der Waals surface area contributed by atoms with Gasteiger partial charge in [-0.15, -0.1) is 11.3 Å². The van der Waals surface area contributed by atoms with Gasteiger partial charge in [0.05, 0.1) is 17.5 Å². The second-order valence-electron chi connectivity index (χ2n) is 2.79. The van der Waals surface area contributed by atoms with Crippen molar-refractivity contribution in [2.45, 2.75) is 18.6 Å². The van der Waals surface area contributed by atoms with Gasteiger partial charge in [-0.05, 0) is 18.5 Å². The minimum atomic E-state index is -4.18. The SMILES string of the molecule is CNC(CC(F)(F)F)c1sccc1Cl. The fourth-order valence-corrected chi connectivity index (χ4v) is 2.41. The summed E-state index contributed by atoms with van der Waals surface area (Å²) in [6.45, 7) is 0. The molecule has 1 aromatic rings. The summed E-state index contributed by atoms with van der Waals surface area (Å²) in [6, 6.07) is 0.852. The van der Waals surface area contributed by atoms with E-state index in [0.717, 1.165) is 0 Å². The summed E-state index contributed by atoms with van der Waals surface area (Å²) in [5.74, 6) is 0. The quantitative estimate of drug-likeness (QED) is 0.855. The van der Waals surface area contributed by atoms with Crippen molar-refractivity contribution in [1.82, 2.24) is 5.32 Å². The van der Waals surface area contributed by atoms with E-state index in [1.807, 2.05) is 0 Å². The highest BCUT2D eigenvalue weighted by Crippen LogP contribution is 2.35. The summed E-state index contributed by atoms with van der Waals surface area (Å²) in [5.41, 5.74) is 0. The van der Waals surface area contributed by atoms with Gasteiger partial charge < -0.3 is 5.32 Å². The van der Waals surface area contributed by atoms with E-state index in [9.17, 15) is 13.2 Å². The molecule has 1 N–H and O–H groups in total. The number of halogens is 4. The predicted molar refractivity (Wildman–Crippen MR) is 51.8 cm³/mol. The Bertz CT molecular complexity index is 297. The second-order valence-corrected chi connectivity index (χ2v) is 4.15. The van der Waals surface area contributed by atoms with Crippen LogP contribution in [-0.4, -0.2) is 13.2 Å². The molecule has 14 heavy (non-hydrogen) atoms. The van der Waals surface area contributed by atoms with Gasteiger partial charge in [-0.3, -0.25) is 0 Å². The molecule has 0 fully saturated rings. The summed E-state index contributed by atoms with van der Waals surface area (Å²) < 4.78 is 36.4. The summed E-state index contributed by atoms with van der Waals surface area (Å²) in [4.78, 5) is 0.534. The van der Waals surface area contributed by atoms with Crippen LogP contribution in [0.3, 0.4) is 0 Å². The van der Waals surface area contributed by atoms with Crippen molar-refractivity contribution in [2.75, 3.05) is 7.05 Å². The summed E-state index contributed by atoms with van der Waals surface area (Å²) in [6.07, 6.45) is -5.08. The molecule has 0 saturated carbocycles. The lowest BCUT2D eigenvalue weighted by Gasteiger charge is -2.16. The van der Waals surface area contributed by atoms with Gasteiger partial charge >= 0.3 is 6.18 Å². The van der Waals surface area contributed by atoms with Gasteiger partial charge in [-0.1, -0.05) is 11.6 Å². The average Bonchev–Trinajstić information content (AvgIpc) is 2.45. The van der Waals surface area contributed by atoms with Crippen molar-refractivity contribution in [1.29, 1.82) is 0 Å². The Balaban J connectivity index is 2.78. The zero-order valence-corrected chi connectivity index (χ0v) is 8.93. The predicted octanol–water partition coefficient (Wildman–Crippen LogP) is 3.61. The Hall–Kier alpha value is -0.260. The van der Waals surface area contributed by atoms with Crippen LogP contribution < -0.4 is 5.32 Å². The van der Waals surface area contributed by atoms with E-state index in [0.29, 0.717) is 9.90 Å². The first-order valence-electron chi connectivity index (χ1n) is 3.91.